The molecule has 2 nitrogen and oxygen atoms in total. The number of rotatable bonds is 16. The van der Waals surface area contributed by atoms with Crippen LogP contribution in [-0.4, -0.2) is 11.1 Å². The molecule has 0 unspecified atom stereocenters. The number of unbranched alkanes of at least 4 members (excludes halogenated alkanes) is 12. The Morgan fingerprint density at radius 2 is 1.14 bits per heavy atom. The molecule has 0 atom stereocenters. The van der Waals surface area contributed by atoms with Crippen molar-refractivity contribution in [2.24, 2.45) is 0 Å². The molecule has 0 aromatic carbocycles. The van der Waals surface area contributed by atoms with E-state index in [1.165, 1.54) is 70.6 Å². The molecule has 0 rings (SSSR count). The van der Waals surface area contributed by atoms with Crippen LogP contribution in [0.5, 0.6) is 0 Å². The van der Waals surface area contributed by atoms with E-state index in [-0.39, 0.29) is 0 Å². The van der Waals surface area contributed by atoms with Crippen LogP contribution < -0.4 is 0 Å². The molecule has 0 spiro atoms. The van der Waals surface area contributed by atoms with E-state index < -0.39 is 5.97 Å². The fourth-order valence-electron chi connectivity index (χ4n) is 2.53. The summed E-state index contributed by atoms with van der Waals surface area (Å²) in [6.45, 7) is 2.27. The van der Waals surface area contributed by atoms with Crippen molar-refractivity contribution in [2.75, 3.05) is 0 Å². The van der Waals surface area contributed by atoms with Gasteiger partial charge >= 0.3 is 5.97 Å². The lowest BCUT2D eigenvalue weighted by Crippen LogP contribution is -1.92. The average molecular weight is 296 g/mol. The van der Waals surface area contributed by atoms with Crippen molar-refractivity contribution in [3.63, 3.8) is 0 Å². The molecule has 0 saturated carbocycles. The van der Waals surface area contributed by atoms with E-state index in [0.29, 0.717) is 6.42 Å². The maximum absolute atomic E-state index is 10.3. The zero-order chi connectivity index (χ0) is 15.6. The summed E-state index contributed by atoms with van der Waals surface area (Å²) in [5.74, 6) is -0.686. The molecule has 0 aliphatic heterocycles. The highest BCUT2D eigenvalue weighted by molar-refractivity contribution is 5.66. The standard InChI is InChI=1S/C19H36O2/c1-2-3-4-5-6-7-8-9-10-11-12-13-14-15-16-17-18-19(20)21/h14-15H,2-13,16-18H2,1H3,(H,20,21)/b15-14-. The SMILES string of the molecule is CCCCCCCCCCCCC/C=C\CCCC(=O)O. The normalized spacial score (nSPS) is 11.3. The molecule has 0 radical (unpaired) electrons. The van der Waals surface area contributed by atoms with Crippen LogP contribution in [0, 0.1) is 0 Å². The minimum Gasteiger partial charge on any atom is -0.481 e. The Hall–Kier alpha value is -0.790. The van der Waals surface area contributed by atoms with Gasteiger partial charge in [0.05, 0.1) is 0 Å². The van der Waals surface area contributed by atoms with Crippen LogP contribution >= 0.6 is 0 Å². The van der Waals surface area contributed by atoms with Crippen molar-refractivity contribution in [1.82, 2.24) is 0 Å². The molecule has 124 valence electrons. The largest absolute Gasteiger partial charge is 0.481 e. The molecule has 0 aromatic heterocycles. The highest BCUT2D eigenvalue weighted by Crippen LogP contribution is 2.12. The minimum absolute atomic E-state index is 0.294. The van der Waals surface area contributed by atoms with Crippen molar-refractivity contribution in [2.45, 2.75) is 103 Å². The Kier molecular flexibility index (Phi) is 16.6. The molecule has 0 aliphatic rings. The van der Waals surface area contributed by atoms with Gasteiger partial charge in [-0.05, 0) is 25.7 Å². The Labute approximate surface area is 132 Å². The fraction of sp³-hybridized carbons (Fsp3) is 0.842. The Balaban J connectivity index is 3.05. The first-order chi connectivity index (χ1) is 10.3. The molecule has 1 N–H and O–H groups in total. The summed E-state index contributed by atoms with van der Waals surface area (Å²) >= 11 is 0. The topological polar surface area (TPSA) is 37.3 Å². The Morgan fingerprint density at radius 1 is 0.714 bits per heavy atom. The van der Waals surface area contributed by atoms with Gasteiger partial charge in [-0.25, -0.2) is 0 Å². The number of allylic oxidation sites excluding steroid dienone is 2. The lowest BCUT2D eigenvalue weighted by Gasteiger charge is -2.01. The molecule has 0 aliphatic carbocycles. The number of carboxylic acid groups (broad SMARTS) is 1. The van der Waals surface area contributed by atoms with Gasteiger partial charge in [-0.1, -0.05) is 83.3 Å². The summed E-state index contributed by atoms with van der Waals surface area (Å²) in [4.78, 5) is 10.3. The van der Waals surface area contributed by atoms with Crippen molar-refractivity contribution < 1.29 is 9.90 Å². The van der Waals surface area contributed by atoms with Crippen LogP contribution in [0.3, 0.4) is 0 Å². The summed E-state index contributed by atoms with van der Waals surface area (Å²) in [6, 6.07) is 0. The van der Waals surface area contributed by atoms with Crippen LogP contribution in [0.25, 0.3) is 0 Å². The van der Waals surface area contributed by atoms with Gasteiger partial charge in [0.1, 0.15) is 0 Å². The fourth-order valence-corrected chi connectivity index (χ4v) is 2.53. The summed E-state index contributed by atoms with van der Waals surface area (Å²) < 4.78 is 0. The lowest BCUT2D eigenvalue weighted by atomic mass is 10.1. The zero-order valence-corrected chi connectivity index (χ0v) is 14.1. The predicted molar refractivity (Wildman–Crippen MR) is 91.7 cm³/mol. The van der Waals surface area contributed by atoms with E-state index in [1.807, 2.05) is 0 Å². The molecule has 0 fully saturated rings. The van der Waals surface area contributed by atoms with Gasteiger partial charge in [0, 0.05) is 6.42 Å². The van der Waals surface area contributed by atoms with Gasteiger partial charge in [0.25, 0.3) is 0 Å². The second-order valence-electron chi connectivity index (χ2n) is 6.08. The second-order valence-corrected chi connectivity index (χ2v) is 6.08. The zero-order valence-electron chi connectivity index (χ0n) is 14.1. The first-order valence-corrected chi connectivity index (χ1v) is 9.14. The van der Waals surface area contributed by atoms with Gasteiger partial charge in [-0.15, -0.1) is 0 Å². The number of hydrogen-bond donors (Lipinski definition) is 1. The molecule has 2 heteroatoms. The maximum atomic E-state index is 10.3. The quantitative estimate of drug-likeness (QED) is 0.261. The van der Waals surface area contributed by atoms with Gasteiger partial charge in [0.2, 0.25) is 0 Å². The number of aliphatic carboxylic acids is 1. The van der Waals surface area contributed by atoms with Gasteiger partial charge in [-0.3, -0.25) is 4.79 Å². The van der Waals surface area contributed by atoms with Gasteiger partial charge in [0.15, 0.2) is 0 Å². The number of carbonyl (C=O) groups is 1. The summed E-state index contributed by atoms with van der Waals surface area (Å²) in [6.07, 6.45) is 22.8. The molecular weight excluding hydrogens is 260 g/mol. The third-order valence-corrected chi connectivity index (χ3v) is 3.90. The van der Waals surface area contributed by atoms with Crippen LogP contribution in [0.4, 0.5) is 0 Å². The first-order valence-electron chi connectivity index (χ1n) is 9.14. The molecule has 0 heterocycles. The Bertz CT molecular complexity index is 246. The predicted octanol–water partition coefficient (Wildman–Crippen LogP) is 6.50. The molecule has 0 saturated heterocycles. The van der Waals surface area contributed by atoms with Crippen LogP contribution in [-0.2, 0) is 4.79 Å². The first kappa shape index (κ1) is 20.2. The number of hydrogen-bond acceptors (Lipinski definition) is 1. The molecule has 0 amide bonds. The molecular formula is C19H36O2. The van der Waals surface area contributed by atoms with Gasteiger partial charge < -0.3 is 5.11 Å². The van der Waals surface area contributed by atoms with E-state index in [2.05, 4.69) is 19.1 Å². The lowest BCUT2D eigenvalue weighted by molar-refractivity contribution is -0.137. The monoisotopic (exact) mass is 296 g/mol. The second kappa shape index (κ2) is 17.3. The minimum atomic E-state index is -0.686. The maximum Gasteiger partial charge on any atom is 0.303 e. The molecule has 0 bridgehead atoms. The van der Waals surface area contributed by atoms with E-state index in [0.717, 1.165) is 19.3 Å². The summed E-state index contributed by atoms with van der Waals surface area (Å²) in [5.41, 5.74) is 0. The third-order valence-electron chi connectivity index (χ3n) is 3.90. The van der Waals surface area contributed by atoms with Crippen molar-refractivity contribution in [1.29, 1.82) is 0 Å². The van der Waals surface area contributed by atoms with E-state index >= 15 is 0 Å². The van der Waals surface area contributed by atoms with E-state index in [1.54, 1.807) is 0 Å². The van der Waals surface area contributed by atoms with Gasteiger partial charge in [-0.2, -0.15) is 0 Å². The summed E-state index contributed by atoms with van der Waals surface area (Å²) in [5, 5.41) is 8.50. The van der Waals surface area contributed by atoms with E-state index in [4.69, 9.17) is 5.11 Å². The smallest absolute Gasteiger partial charge is 0.303 e. The van der Waals surface area contributed by atoms with Crippen molar-refractivity contribution in [3.05, 3.63) is 12.2 Å². The highest BCUT2D eigenvalue weighted by Gasteiger charge is 1.94. The van der Waals surface area contributed by atoms with Crippen LogP contribution in [0.1, 0.15) is 103 Å². The average Bonchev–Trinajstić information content (AvgIpc) is 2.46. The third kappa shape index (κ3) is 19.2. The van der Waals surface area contributed by atoms with Crippen molar-refractivity contribution in [3.8, 4) is 0 Å². The van der Waals surface area contributed by atoms with Crippen LogP contribution in [0.15, 0.2) is 12.2 Å². The Morgan fingerprint density at radius 3 is 1.62 bits per heavy atom. The van der Waals surface area contributed by atoms with E-state index in [9.17, 15) is 4.79 Å². The highest BCUT2D eigenvalue weighted by atomic mass is 16.4. The molecule has 0 aromatic rings. The summed E-state index contributed by atoms with van der Waals surface area (Å²) in [7, 11) is 0. The van der Waals surface area contributed by atoms with Crippen molar-refractivity contribution >= 4 is 5.97 Å². The number of carboxylic acids is 1. The van der Waals surface area contributed by atoms with Crippen LogP contribution in [0.2, 0.25) is 0 Å². The molecule has 21 heavy (non-hydrogen) atoms.